The number of esters is 3. The number of carbonyl (C=O) groups is 13. The van der Waals surface area contributed by atoms with Crippen LogP contribution < -0.4 is 10.6 Å². The number of ketones is 4. The molecule has 3 N–H and O–H groups in total. The third-order valence-electron chi connectivity index (χ3n) is 21.8. The molecule has 24 nitrogen and oxygen atoms in total. The van der Waals surface area contributed by atoms with E-state index in [1.807, 2.05) is 38.1 Å². The van der Waals surface area contributed by atoms with E-state index in [1.54, 1.807) is 39.8 Å². The average Bonchev–Trinajstić information content (AvgIpc) is 1.67. The van der Waals surface area contributed by atoms with Crippen LogP contribution in [0.1, 0.15) is 213 Å². The van der Waals surface area contributed by atoms with Gasteiger partial charge < -0.3 is 54.1 Å². The lowest BCUT2D eigenvalue weighted by molar-refractivity contribution is -0.153. The number of carbonyl (C=O) groups excluding carboxylic acids is 12. The van der Waals surface area contributed by atoms with Crippen LogP contribution in [0.4, 0.5) is 9.59 Å². The number of Topliss-reactive ketones (excluding diaryl/α,β-unsaturated/α-hetero) is 4. The number of nitrogens with zero attached hydrogens (tertiary/aromatic N) is 3. The first-order valence-corrected chi connectivity index (χ1v) is 39.5. The molecule has 7 aliphatic rings. The van der Waals surface area contributed by atoms with E-state index in [2.05, 4.69) is 68.8 Å². The Morgan fingerprint density at radius 1 is 0.413 bits per heavy atom. The van der Waals surface area contributed by atoms with Crippen LogP contribution in [0.5, 0.6) is 0 Å². The van der Waals surface area contributed by atoms with Gasteiger partial charge in [-0.05, 0) is 200 Å². The van der Waals surface area contributed by atoms with E-state index in [0.29, 0.717) is 92.8 Å². The van der Waals surface area contributed by atoms with Gasteiger partial charge in [-0.15, -0.1) is 0 Å². The number of nitrogens with one attached hydrogen (secondary N) is 2. The van der Waals surface area contributed by atoms with Crippen molar-refractivity contribution >= 4 is 109 Å². The largest absolute Gasteiger partial charge is 0.480 e. The molecule has 0 spiro atoms. The second-order valence-corrected chi connectivity index (χ2v) is 30.4. The van der Waals surface area contributed by atoms with E-state index < -0.39 is 97.2 Å². The molecule has 4 aliphatic carbocycles. The van der Waals surface area contributed by atoms with Crippen molar-refractivity contribution in [2.24, 2.45) is 23.7 Å². The van der Waals surface area contributed by atoms with Gasteiger partial charge in [0, 0.05) is 41.9 Å². The number of methoxy groups -OCH3 is 3. The summed E-state index contributed by atoms with van der Waals surface area (Å²) in [5, 5.41) is 15.0. The van der Waals surface area contributed by atoms with Crippen molar-refractivity contribution in [2.75, 3.05) is 64.8 Å². The highest BCUT2D eigenvalue weighted by molar-refractivity contribution is 9.09. The Kier molecular flexibility index (Phi) is 32.0. The molecule has 3 heterocycles. The van der Waals surface area contributed by atoms with Crippen LogP contribution in [0.3, 0.4) is 0 Å². The van der Waals surface area contributed by atoms with E-state index in [1.165, 1.54) is 69.4 Å². The average molecular weight is 1640 g/mol. The van der Waals surface area contributed by atoms with Gasteiger partial charge in [0.15, 0.2) is 24.8 Å². The Labute approximate surface area is 656 Å². The second kappa shape index (κ2) is 39.8. The van der Waals surface area contributed by atoms with E-state index in [9.17, 15) is 62.3 Å². The molecule has 3 fully saturated rings. The number of hydrogen-bond acceptors (Lipinski definition) is 18. The Balaban J connectivity index is 0.000000285. The zero-order chi connectivity index (χ0) is 77.7. The third-order valence-corrected chi connectivity index (χ3v) is 22.8. The van der Waals surface area contributed by atoms with Crippen LogP contribution in [0, 0.1) is 23.7 Å². The maximum Gasteiger partial charge on any atom is 0.407 e. The molecule has 0 unspecified atom stereocenters. The lowest BCUT2D eigenvalue weighted by Gasteiger charge is -2.29. The van der Waals surface area contributed by atoms with Crippen molar-refractivity contribution in [3.63, 3.8) is 0 Å². The SMILES string of the molecule is C.C.COC(=O)C[C@H](C(=O)N1CCC[C@H]1C(=O)O)C(C)C.COC(=O)N[C@H](C(=O)N1CCC[C@H]1C(=O)OCC(=O)c1ccc(-c2ccc(C(=O)COC(=O)[C@@H]3CCCN3C(=O)[C@@H](NC(=O)OC)C(C)C)c3c2CCC3)c2c1CCC2)C(C)C.O=C(CBr)c1ccc(-c2ccc(C(=O)CBr)c3c2CCC3)c2c1CCC2. The van der Waals surface area contributed by atoms with Gasteiger partial charge in [-0.2, -0.15) is 0 Å². The van der Waals surface area contributed by atoms with Crippen LogP contribution in [-0.4, -0.2) is 192 Å². The molecule has 11 rings (SSSR count). The van der Waals surface area contributed by atoms with Crippen molar-refractivity contribution < 1.29 is 91.1 Å². The molecular formula is C83H107Br2N5O19. The molecule has 6 atom stereocenters. The highest BCUT2D eigenvalue weighted by Gasteiger charge is 2.43. The van der Waals surface area contributed by atoms with Crippen molar-refractivity contribution in [1.82, 2.24) is 25.3 Å². The summed E-state index contributed by atoms with van der Waals surface area (Å²) < 4.78 is 25.1. The smallest absolute Gasteiger partial charge is 0.407 e. The van der Waals surface area contributed by atoms with Crippen molar-refractivity contribution in [1.29, 1.82) is 0 Å². The van der Waals surface area contributed by atoms with Crippen LogP contribution >= 0.6 is 31.9 Å². The zero-order valence-electron chi connectivity index (χ0n) is 62.6. The minimum Gasteiger partial charge on any atom is -0.480 e. The van der Waals surface area contributed by atoms with Gasteiger partial charge in [-0.25, -0.2) is 24.0 Å². The maximum atomic E-state index is 13.7. The Hall–Kier alpha value is -8.65. The number of hydrogen-bond donors (Lipinski definition) is 3. The van der Waals surface area contributed by atoms with Crippen molar-refractivity contribution in [3.8, 4) is 22.3 Å². The van der Waals surface area contributed by atoms with Gasteiger partial charge in [0.25, 0.3) is 0 Å². The number of carboxylic acid groups (broad SMARTS) is 1. The molecule has 4 aromatic carbocycles. The number of fused-ring (bicyclic) bond motifs is 4. The summed E-state index contributed by atoms with van der Waals surface area (Å²) in [6, 6.07) is 11.4. The molecule has 0 saturated carbocycles. The highest BCUT2D eigenvalue weighted by Crippen LogP contribution is 2.43. The van der Waals surface area contributed by atoms with E-state index in [4.69, 9.17) is 14.6 Å². The van der Waals surface area contributed by atoms with E-state index in [0.717, 1.165) is 109 Å². The maximum absolute atomic E-state index is 13.7. The predicted molar refractivity (Wildman–Crippen MR) is 417 cm³/mol. The number of likely N-dealkylation sites (tertiary alicyclic amines) is 3. The van der Waals surface area contributed by atoms with Gasteiger partial charge in [-0.1, -0.05) is 137 Å². The molecule has 109 heavy (non-hydrogen) atoms. The molecule has 0 bridgehead atoms. The Morgan fingerprint density at radius 3 is 1.00 bits per heavy atom. The number of halogens is 2. The van der Waals surface area contributed by atoms with Crippen LogP contribution in [0.2, 0.25) is 0 Å². The second-order valence-electron chi connectivity index (χ2n) is 29.3. The summed E-state index contributed by atoms with van der Waals surface area (Å²) in [7, 11) is 3.70. The minimum atomic E-state index is -0.980. The number of carboxylic acids is 1. The molecular weight excluding hydrogens is 1530 g/mol. The van der Waals surface area contributed by atoms with Crippen molar-refractivity contribution in [2.45, 2.75) is 209 Å². The summed E-state index contributed by atoms with van der Waals surface area (Å²) in [5.41, 5.74) is 16.3. The Bertz CT molecular complexity index is 3890. The summed E-state index contributed by atoms with van der Waals surface area (Å²) in [6.07, 6.45) is 12.4. The number of ether oxygens (including phenoxy) is 5. The minimum absolute atomic E-state index is 0. The number of benzene rings is 4. The summed E-state index contributed by atoms with van der Waals surface area (Å²) in [5.74, 6) is -5.28. The summed E-state index contributed by atoms with van der Waals surface area (Å²) in [4.78, 5) is 168. The number of aliphatic carboxylic acids is 1. The first-order chi connectivity index (χ1) is 51.2. The molecule has 592 valence electrons. The number of alkyl halides is 2. The third kappa shape index (κ3) is 19.9. The van der Waals surface area contributed by atoms with Crippen LogP contribution in [-0.2, 0) is 109 Å². The lowest BCUT2D eigenvalue weighted by Crippen LogP contribution is -2.54. The monoisotopic (exact) mass is 1640 g/mol. The molecule has 3 aliphatic heterocycles. The zero-order valence-corrected chi connectivity index (χ0v) is 65.8. The summed E-state index contributed by atoms with van der Waals surface area (Å²) >= 11 is 6.61. The molecule has 0 radical (unpaired) electrons. The normalized spacial score (nSPS) is 17.8. The van der Waals surface area contributed by atoms with Gasteiger partial charge in [-0.3, -0.25) is 38.4 Å². The fourth-order valence-corrected chi connectivity index (χ4v) is 16.9. The van der Waals surface area contributed by atoms with Crippen molar-refractivity contribution in [3.05, 3.63) is 115 Å². The first kappa shape index (κ1) is 87.6. The number of amides is 5. The van der Waals surface area contributed by atoms with Gasteiger partial charge in [0.2, 0.25) is 29.3 Å². The van der Waals surface area contributed by atoms with Gasteiger partial charge in [0.1, 0.15) is 30.2 Å². The van der Waals surface area contributed by atoms with E-state index in [-0.39, 0.29) is 68.1 Å². The number of alkyl carbamates (subject to hydrolysis) is 2. The number of rotatable bonds is 25. The van der Waals surface area contributed by atoms with Gasteiger partial charge in [0.05, 0.1) is 44.3 Å². The molecule has 5 amide bonds. The topological polar surface area (TPSA) is 322 Å². The van der Waals surface area contributed by atoms with Crippen LogP contribution in [0.15, 0.2) is 48.5 Å². The van der Waals surface area contributed by atoms with Gasteiger partial charge >= 0.3 is 36.1 Å². The first-order valence-electron chi connectivity index (χ1n) is 37.3. The van der Waals surface area contributed by atoms with E-state index >= 15 is 0 Å². The molecule has 4 aromatic rings. The summed E-state index contributed by atoms with van der Waals surface area (Å²) in [6.45, 7) is 11.0. The Morgan fingerprint density at radius 2 is 0.716 bits per heavy atom. The molecule has 0 aromatic heterocycles. The predicted octanol–water partition coefficient (Wildman–Crippen LogP) is 12.2. The molecule has 3 saturated heterocycles. The fraction of sp³-hybridized carbons (Fsp3) is 0.554. The highest BCUT2D eigenvalue weighted by atomic mass is 79.9. The van der Waals surface area contributed by atoms with Crippen LogP contribution in [0.25, 0.3) is 22.3 Å². The fourth-order valence-electron chi connectivity index (χ4n) is 16.3. The quantitative estimate of drug-likeness (QED) is 0.0240. The lowest BCUT2D eigenvalue weighted by atomic mass is 9.87. The standard InChI is InChI=1S/C46H58N4O12.C22H20Br2O2.C13H21NO5.2CH4/c1-25(2)39(47-45(57)59-5)41(53)49-21-9-15-35(49)43(55)61-23-37(51)33-19-17-31(27-11-7-13-29(27)33)32-18-20-34(30-14-8-12-28(30)32)38(52)24-62-44(56)36-16-10-22-50(36)42(54)40(26(3)4)48-46(58)60-6;23-11-21(25)19-9-7-17(13-3-1-5-15(13)19)18-8-10-20(22(26)12-24)16-6-2-4-14(16)18;1-8(2)9(7-11(15)19-3)12(16)14-6-4-5-10(14)13(17)18;;/h17-20,25-26,35-36,39-40H,7-16,21-24H2,1-6H3,(H,47,57)(H,48,58);7-10H,1-6,11-12H2;8-10H,4-7H2,1-3H3,(H,17,18);2*1H4/t35-,36-,39-,40-;;9-,10-;;/m0.0../s1. The molecule has 26 heteroatoms.